The summed E-state index contributed by atoms with van der Waals surface area (Å²) in [6.45, 7) is 7.98. The van der Waals surface area contributed by atoms with Crippen LogP contribution in [-0.2, 0) is 14.2 Å². The predicted molar refractivity (Wildman–Crippen MR) is 99.8 cm³/mol. The molecule has 0 bridgehead atoms. The number of likely N-dealkylation sites (tertiary alicyclic amines) is 1. The summed E-state index contributed by atoms with van der Waals surface area (Å²) in [6, 6.07) is 3.72. The lowest BCUT2D eigenvalue weighted by Gasteiger charge is -2.37. The molecule has 148 valence electrons. The lowest BCUT2D eigenvalue weighted by atomic mass is 10.0. The van der Waals surface area contributed by atoms with Gasteiger partial charge in [-0.2, -0.15) is 0 Å². The van der Waals surface area contributed by atoms with Gasteiger partial charge in [0, 0.05) is 58.3 Å². The Morgan fingerprint density at radius 1 is 1.07 bits per heavy atom. The summed E-state index contributed by atoms with van der Waals surface area (Å²) < 4.78 is 16.8. The fourth-order valence-corrected chi connectivity index (χ4v) is 3.81. The van der Waals surface area contributed by atoms with Gasteiger partial charge in [0.25, 0.3) is 5.91 Å². The highest BCUT2D eigenvalue weighted by Gasteiger charge is 2.40. The molecule has 8 nitrogen and oxygen atoms in total. The molecule has 1 aromatic rings. The number of aromatic nitrogens is 1. The number of morpholine rings is 1. The molecule has 0 saturated carbocycles. The van der Waals surface area contributed by atoms with Crippen molar-refractivity contribution in [3.63, 3.8) is 0 Å². The summed E-state index contributed by atoms with van der Waals surface area (Å²) in [6.07, 6.45) is 3.12. The topological polar surface area (TPSA) is 76.2 Å². The number of hydrogen-bond donors (Lipinski definition) is 1. The molecule has 27 heavy (non-hydrogen) atoms. The number of hydrogen-bond acceptors (Lipinski definition) is 7. The van der Waals surface area contributed by atoms with Crippen molar-refractivity contribution in [3.05, 3.63) is 23.9 Å². The van der Waals surface area contributed by atoms with E-state index < -0.39 is 5.79 Å². The second-order valence-corrected chi connectivity index (χ2v) is 7.21. The van der Waals surface area contributed by atoms with Crippen LogP contribution in [0.5, 0.6) is 0 Å². The van der Waals surface area contributed by atoms with E-state index in [0.717, 1.165) is 58.1 Å². The molecule has 0 aliphatic carbocycles. The van der Waals surface area contributed by atoms with Gasteiger partial charge >= 0.3 is 0 Å². The van der Waals surface area contributed by atoms with E-state index in [9.17, 15) is 4.79 Å². The highest BCUT2D eigenvalue weighted by Crippen LogP contribution is 2.31. The second-order valence-electron chi connectivity index (χ2n) is 7.21. The van der Waals surface area contributed by atoms with Crippen molar-refractivity contribution in [1.29, 1.82) is 0 Å². The quantitative estimate of drug-likeness (QED) is 0.815. The van der Waals surface area contributed by atoms with Crippen LogP contribution < -0.4 is 5.32 Å². The summed E-state index contributed by atoms with van der Waals surface area (Å²) in [7, 11) is 0. The third kappa shape index (κ3) is 4.57. The minimum atomic E-state index is -0.455. The summed E-state index contributed by atoms with van der Waals surface area (Å²) in [4.78, 5) is 21.3. The van der Waals surface area contributed by atoms with Gasteiger partial charge in [-0.05, 0) is 12.1 Å². The highest BCUT2D eigenvalue weighted by molar-refractivity contribution is 5.94. The number of nitrogens with zero attached hydrogens (tertiary/aromatic N) is 3. The van der Waals surface area contributed by atoms with E-state index in [-0.39, 0.29) is 5.91 Å². The maximum absolute atomic E-state index is 12.7. The molecule has 4 rings (SSSR count). The first-order valence-corrected chi connectivity index (χ1v) is 9.81. The minimum absolute atomic E-state index is 0.0233. The molecule has 3 aliphatic heterocycles. The molecule has 0 atom stereocenters. The van der Waals surface area contributed by atoms with Crippen LogP contribution in [0.3, 0.4) is 0 Å². The molecule has 0 radical (unpaired) electrons. The SMILES string of the molecule is O=C(c1ccc(NCCN2CCOCC2)nc1)N1CCC2(CC1)OCCO2. The molecule has 1 N–H and O–H groups in total. The zero-order chi connectivity index (χ0) is 18.5. The number of ether oxygens (including phenoxy) is 3. The minimum Gasteiger partial charge on any atom is -0.379 e. The normalized spacial score (nSPS) is 22.9. The first kappa shape index (κ1) is 18.6. The van der Waals surface area contributed by atoms with Gasteiger partial charge in [-0.3, -0.25) is 9.69 Å². The fourth-order valence-electron chi connectivity index (χ4n) is 3.81. The Hall–Kier alpha value is -1.74. The first-order chi connectivity index (χ1) is 13.2. The molecule has 8 heteroatoms. The summed E-state index contributed by atoms with van der Waals surface area (Å²) >= 11 is 0. The highest BCUT2D eigenvalue weighted by atomic mass is 16.7. The Bertz CT molecular complexity index is 617. The smallest absolute Gasteiger partial charge is 0.255 e. The fraction of sp³-hybridized carbons (Fsp3) is 0.684. The van der Waals surface area contributed by atoms with Crippen LogP contribution in [0.4, 0.5) is 5.82 Å². The van der Waals surface area contributed by atoms with Crippen molar-refractivity contribution in [2.75, 3.05) is 71.0 Å². The van der Waals surface area contributed by atoms with E-state index in [1.54, 1.807) is 6.20 Å². The van der Waals surface area contributed by atoms with Crippen molar-refractivity contribution in [2.45, 2.75) is 18.6 Å². The average molecular weight is 376 g/mol. The van der Waals surface area contributed by atoms with Crippen molar-refractivity contribution >= 4 is 11.7 Å². The number of piperidine rings is 1. The van der Waals surface area contributed by atoms with E-state index in [1.807, 2.05) is 17.0 Å². The first-order valence-electron chi connectivity index (χ1n) is 9.81. The van der Waals surface area contributed by atoms with Crippen molar-refractivity contribution < 1.29 is 19.0 Å². The Kier molecular flexibility index (Phi) is 5.87. The Balaban J connectivity index is 1.24. The lowest BCUT2D eigenvalue weighted by molar-refractivity contribution is -0.181. The number of rotatable bonds is 5. The third-order valence-corrected chi connectivity index (χ3v) is 5.47. The molecule has 4 heterocycles. The summed E-state index contributed by atoms with van der Waals surface area (Å²) in [5.41, 5.74) is 0.623. The van der Waals surface area contributed by atoms with E-state index in [4.69, 9.17) is 14.2 Å². The lowest BCUT2D eigenvalue weighted by Crippen LogP contribution is -2.47. The van der Waals surface area contributed by atoms with E-state index in [1.165, 1.54) is 0 Å². The third-order valence-electron chi connectivity index (χ3n) is 5.47. The summed E-state index contributed by atoms with van der Waals surface area (Å²) in [5, 5.41) is 3.32. The number of pyridine rings is 1. The number of nitrogens with one attached hydrogen (secondary N) is 1. The van der Waals surface area contributed by atoms with Gasteiger partial charge in [0.2, 0.25) is 0 Å². The number of carbonyl (C=O) groups is 1. The maximum Gasteiger partial charge on any atom is 0.255 e. The van der Waals surface area contributed by atoms with E-state index in [2.05, 4.69) is 15.2 Å². The number of anilines is 1. The molecular formula is C19H28N4O4. The number of carbonyl (C=O) groups excluding carboxylic acids is 1. The van der Waals surface area contributed by atoms with Crippen LogP contribution >= 0.6 is 0 Å². The van der Waals surface area contributed by atoms with Crippen LogP contribution in [0.1, 0.15) is 23.2 Å². The van der Waals surface area contributed by atoms with Gasteiger partial charge in [0.05, 0.1) is 32.0 Å². The van der Waals surface area contributed by atoms with Crippen molar-refractivity contribution in [2.24, 2.45) is 0 Å². The largest absolute Gasteiger partial charge is 0.379 e. The Morgan fingerprint density at radius 2 is 1.81 bits per heavy atom. The zero-order valence-corrected chi connectivity index (χ0v) is 15.7. The predicted octanol–water partition coefficient (Wildman–Crippen LogP) is 0.805. The zero-order valence-electron chi connectivity index (χ0n) is 15.7. The van der Waals surface area contributed by atoms with Gasteiger partial charge in [-0.25, -0.2) is 4.98 Å². The molecule has 1 amide bonds. The molecular weight excluding hydrogens is 348 g/mol. The van der Waals surface area contributed by atoms with E-state index in [0.29, 0.717) is 31.9 Å². The van der Waals surface area contributed by atoms with Crippen LogP contribution in [0.2, 0.25) is 0 Å². The molecule has 3 fully saturated rings. The van der Waals surface area contributed by atoms with Gasteiger partial charge < -0.3 is 24.4 Å². The molecule has 0 unspecified atom stereocenters. The van der Waals surface area contributed by atoms with Gasteiger partial charge in [-0.1, -0.05) is 0 Å². The van der Waals surface area contributed by atoms with Gasteiger partial charge in [0.15, 0.2) is 5.79 Å². The molecule has 1 spiro atoms. The number of amides is 1. The van der Waals surface area contributed by atoms with Crippen molar-refractivity contribution in [1.82, 2.24) is 14.8 Å². The molecule has 1 aromatic heterocycles. The molecule has 0 aromatic carbocycles. The average Bonchev–Trinajstić information content (AvgIpc) is 3.17. The molecule has 3 aliphatic rings. The Labute approximate surface area is 159 Å². The van der Waals surface area contributed by atoms with Crippen LogP contribution in [-0.4, -0.2) is 92.2 Å². The van der Waals surface area contributed by atoms with Gasteiger partial charge in [-0.15, -0.1) is 0 Å². The van der Waals surface area contributed by atoms with Crippen LogP contribution in [0.15, 0.2) is 18.3 Å². The Morgan fingerprint density at radius 3 is 2.48 bits per heavy atom. The maximum atomic E-state index is 12.7. The monoisotopic (exact) mass is 376 g/mol. The van der Waals surface area contributed by atoms with E-state index >= 15 is 0 Å². The standard InChI is InChI=1S/C19H28N4O4/c24-18(23-6-3-19(4-7-23)26-13-14-27-19)16-1-2-17(21-15-16)20-5-8-22-9-11-25-12-10-22/h1-2,15H,3-14H2,(H,20,21). The van der Waals surface area contributed by atoms with Crippen LogP contribution in [0.25, 0.3) is 0 Å². The second kappa shape index (κ2) is 8.52. The molecule has 3 saturated heterocycles. The summed E-state index contributed by atoms with van der Waals surface area (Å²) in [5.74, 6) is 0.365. The van der Waals surface area contributed by atoms with Gasteiger partial charge in [0.1, 0.15) is 5.82 Å². The van der Waals surface area contributed by atoms with Crippen LogP contribution in [0, 0.1) is 0 Å². The van der Waals surface area contributed by atoms with Crippen molar-refractivity contribution in [3.8, 4) is 0 Å².